The number of carbonyl (C=O) groups is 1. The summed E-state index contributed by atoms with van der Waals surface area (Å²) < 4.78 is 28.2. The Morgan fingerprint density at radius 1 is 1.44 bits per heavy atom. The molecule has 0 spiro atoms. The Labute approximate surface area is 95.4 Å². The first-order valence-corrected chi connectivity index (χ1v) is 5.23. The fraction of sp³-hybridized carbons (Fsp3) is 0.727. The molecule has 0 radical (unpaired) electrons. The number of ether oxygens (including phenoxy) is 3. The average Bonchev–Trinajstić information content (AvgIpc) is 2.27. The average molecular weight is 234 g/mol. The predicted octanol–water partition coefficient (Wildman–Crippen LogP) is 1.84. The quantitative estimate of drug-likeness (QED) is 0.250. The Bertz CT molecular complexity index is 206. The van der Waals surface area contributed by atoms with Gasteiger partial charge in [0.15, 0.2) is 13.0 Å². The molecule has 0 aromatic rings. The highest BCUT2D eigenvalue weighted by atomic mass is 19.1. The number of halogens is 1. The van der Waals surface area contributed by atoms with Gasteiger partial charge in [0.2, 0.25) is 0 Å². The number of alkyl halides is 1. The van der Waals surface area contributed by atoms with Gasteiger partial charge in [-0.1, -0.05) is 6.92 Å². The molecule has 0 fully saturated rings. The van der Waals surface area contributed by atoms with Crippen molar-refractivity contribution in [2.45, 2.75) is 25.9 Å². The summed E-state index contributed by atoms with van der Waals surface area (Å²) in [6.07, 6.45) is 1.21. The molecule has 0 bridgehead atoms. The van der Waals surface area contributed by atoms with Crippen LogP contribution in [0.15, 0.2) is 11.8 Å². The SMILES string of the molecule is CC/C=C(\OCOCCOC)C(F)CC=O. The van der Waals surface area contributed by atoms with Crippen LogP contribution < -0.4 is 0 Å². The molecular formula is C11H19FO4. The normalized spacial score (nSPS) is 13.6. The van der Waals surface area contributed by atoms with Gasteiger partial charge in [-0.05, 0) is 12.5 Å². The lowest BCUT2D eigenvalue weighted by Gasteiger charge is -2.13. The van der Waals surface area contributed by atoms with Crippen molar-refractivity contribution in [1.82, 2.24) is 0 Å². The fourth-order valence-electron chi connectivity index (χ4n) is 0.990. The zero-order chi connectivity index (χ0) is 12.2. The summed E-state index contributed by atoms with van der Waals surface area (Å²) in [6.45, 7) is 2.68. The smallest absolute Gasteiger partial charge is 0.188 e. The standard InChI is InChI=1S/C11H19FO4/c1-3-4-11(10(12)5-6-13)16-9-15-8-7-14-2/h4,6,10H,3,5,7-9H2,1-2H3/b11-4-. The Morgan fingerprint density at radius 3 is 2.75 bits per heavy atom. The lowest BCUT2D eigenvalue weighted by molar-refractivity contribution is -0.109. The van der Waals surface area contributed by atoms with E-state index >= 15 is 0 Å². The molecule has 4 nitrogen and oxygen atoms in total. The van der Waals surface area contributed by atoms with Gasteiger partial charge in [0.25, 0.3) is 0 Å². The van der Waals surface area contributed by atoms with Crippen molar-refractivity contribution in [3.05, 3.63) is 11.8 Å². The van der Waals surface area contributed by atoms with E-state index in [0.29, 0.717) is 25.9 Å². The molecule has 0 aromatic heterocycles. The first-order chi connectivity index (χ1) is 7.76. The first kappa shape index (κ1) is 15.1. The lowest BCUT2D eigenvalue weighted by atomic mass is 10.2. The highest BCUT2D eigenvalue weighted by Gasteiger charge is 2.13. The third-order valence-corrected chi connectivity index (χ3v) is 1.76. The number of allylic oxidation sites excluding steroid dienone is 2. The molecule has 0 rings (SSSR count). The van der Waals surface area contributed by atoms with E-state index in [-0.39, 0.29) is 19.0 Å². The van der Waals surface area contributed by atoms with Crippen LogP contribution in [-0.4, -0.2) is 39.6 Å². The molecule has 0 heterocycles. The predicted molar refractivity (Wildman–Crippen MR) is 57.7 cm³/mol. The molecule has 0 aliphatic heterocycles. The van der Waals surface area contributed by atoms with Gasteiger partial charge in [0, 0.05) is 13.5 Å². The van der Waals surface area contributed by atoms with Crippen LogP contribution in [0.2, 0.25) is 0 Å². The van der Waals surface area contributed by atoms with E-state index in [1.165, 1.54) is 0 Å². The Kier molecular flexibility index (Phi) is 9.95. The van der Waals surface area contributed by atoms with Crippen LogP contribution in [0.1, 0.15) is 19.8 Å². The van der Waals surface area contributed by atoms with Crippen molar-refractivity contribution < 1.29 is 23.4 Å². The number of aldehydes is 1. The molecule has 0 saturated carbocycles. The summed E-state index contributed by atoms with van der Waals surface area (Å²) in [6, 6.07) is 0. The van der Waals surface area contributed by atoms with Crippen molar-refractivity contribution in [2.24, 2.45) is 0 Å². The molecule has 16 heavy (non-hydrogen) atoms. The summed E-state index contributed by atoms with van der Waals surface area (Å²) in [4.78, 5) is 10.2. The number of rotatable bonds is 10. The van der Waals surface area contributed by atoms with Crippen molar-refractivity contribution in [3.63, 3.8) is 0 Å². The van der Waals surface area contributed by atoms with Crippen LogP contribution in [0.5, 0.6) is 0 Å². The maximum Gasteiger partial charge on any atom is 0.188 e. The van der Waals surface area contributed by atoms with Crippen molar-refractivity contribution in [2.75, 3.05) is 27.1 Å². The van der Waals surface area contributed by atoms with E-state index in [9.17, 15) is 9.18 Å². The van der Waals surface area contributed by atoms with E-state index in [1.54, 1.807) is 13.2 Å². The molecule has 0 N–H and O–H groups in total. The summed E-state index contributed by atoms with van der Waals surface area (Å²) in [5.41, 5.74) is 0. The molecule has 0 saturated heterocycles. The van der Waals surface area contributed by atoms with Crippen LogP contribution >= 0.6 is 0 Å². The molecule has 1 unspecified atom stereocenters. The van der Waals surface area contributed by atoms with Gasteiger partial charge >= 0.3 is 0 Å². The molecule has 1 atom stereocenters. The van der Waals surface area contributed by atoms with E-state index < -0.39 is 6.17 Å². The summed E-state index contributed by atoms with van der Waals surface area (Å²) >= 11 is 0. The molecule has 0 amide bonds. The first-order valence-electron chi connectivity index (χ1n) is 5.23. The van der Waals surface area contributed by atoms with Gasteiger partial charge in [-0.2, -0.15) is 0 Å². The van der Waals surface area contributed by atoms with Crippen LogP contribution in [0.3, 0.4) is 0 Å². The molecule has 94 valence electrons. The maximum absolute atomic E-state index is 13.3. The second-order valence-electron chi connectivity index (χ2n) is 3.05. The second-order valence-corrected chi connectivity index (χ2v) is 3.05. The molecule has 0 aliphatic rings. The Balaban J connectivity index is 3.85. The van der Waals surface area contributed by atoms with E-state index in [2.05, 4.69) is 0 Å². The van der Waals surface area contributed by atoms with Crippen LogP contribution in [0.4, 0.5) is 4.39 Å². The van der Waals surface area contributed by atoms with E-state index in [4.69, 9.17) is 14.2 Å². The number of carbonyl (C=O) groups excluding carboxylic acids is 1. The third-order valence-electron chi connectivity index (χ3n) is 1.76. The maximum atomic E-state index is 13.3. The summed E-state index contributed by atoms with van der Waals surface area (Å²) in [7, 11) is 1.56. The zero-order valence-electron chi connectivity index (χ0n) is 9.78. The van der Waals surface area contributed by atoms with Gasteiger partial charge in [0.05, 0.1) is 13.2 Å². The van der Waals surface area contributed by atoms with E-state index in [1.807, 2.05) is 6.92 Å². The van der Waals surface area contributed by atoms with Crippen LogP contribution in [0.25, 0.3) is 0 Å². The van der Waals surface area contributed by atoms with Gasteiger partial charge in [0.1, 0.15) is 12.0 Å². The summed E-state index contributed by atoms with van der Waals surface area (Å²) in [5, 5.41) is 0. The van der Waals surface area contributed by atoms with E-state index in [0.717, 1.165) is 0 Å². The number of methoxy groups -OCH3 is 1. The summed E-state index contributed by atoms with van der Waals surface area (Å²) in [5.74, 6) is 0.159. The van der Waals surface area contributed by atoms with Gasteiger partial charge in [-0.15, -0.1) is 0 Å². The van der Waals surface area contributed by atoms with Crippen molar-refractivity contribution in [3.8, 4) is 0 Å². The Morgan fingerprint density at radius 2 is 2.19 bits per heavy atom. The van der Waals surface area contributed by atoms with Crippen LogP contribution in [0, 0.1) is 0 Å². The topological polar surface area (TPSA) is 44.8 Å². The van der Waals surface area contributed by atoms with Crippen LogP contribution in [-0.2, 0) is 19.0 Å². The minimum absolute atomic E-state index is 0.0333. The molecule has 5 heteroatoms. The minimum atomic E-state index is -1.39. The number of hydrogen-bond acceptors (Lipinski definition) is 4. The zero-order valence-corrected chi connectivity index (χ0v) is 9.78. The highest BCUT2D eigenvalue weighted by Crippen LogP contribution is 2.12. The van der Waals surface area contributed by atoms with Gasteiger partial charge < -0.3 is 19.0 Å². The monoisotopic (exact) mass is 234 g/mol. The second kappa shape index (κ2) is 10.6. The van der Waals surface area contributed by atoms with Gasteiger partial charge in [-0.25, -0.2) is 4.39 Å². The molecule has 0 aromatic carbocycles. The van der Waals surface area contributed by atoms with Gasteiger partial charge in [-0.3, -0.25) is 0 Å². The third kappa shape index (κ3) is 7.36. The molecular weight excluding hydrogens is 215 g/mol. The number of hydrogen-bond donors (Lipinski definition) is 0. The Hall–Kier alpha value is -0.940. The molecule has 0 aliphatic carbocycles. The van der Waals surface area contributed by atoms with Crippen molar-refractivity contribution in [1.29, 1.82) is 0 Å². The highest BCUT2D eigenvalue weighted by molar-refractivity contribution is 5.51. The minimum Gasteiger partial charge on any atom is -0.469 e. The lowest BCUT2D eigenvalue weighted by Crippen LogP contribution is -2.12. The van der Waals surface area contributed by atoms with Crippen molar-refractivity contribution >= 4 is 6.29 Å². The fourth-order valence-corrected chi connectivity index (χ4v) is 0.990. The largest absolute Gasteiger partial charge is 0.469 e.